The van der Waals surface area contributed by atoms with E-state index in [0.29, 0.717) is 10.6 Å². The average molecular weight is 252 g/mol. The second-order valence-corrected chi connectivity index (χ2v) is 6.97. The summed E-state index contributed by atoms with van der Waals surface area (Å²) in [6.45, 7) is 9.51. The summed E-state index contributed by atoms with van der Waals surface area (Å²) in [5.41, 5.74) is 6.69. The normalized spacial score (nSPS) is 20.4. The first-order chi connectivity index (χ1) is 7.94. The maximum atomic E-state index is 5.74. The van der Waals surface area contributed by atoms with Gasteiger partial charge < -0.3 is 5.73 Å². The Morgan fingerprint density at radius 3 is 2.88 bits per heavy atom. The van der Waals surface area contributed by atoms with Gasteiger partial charge >= 0.3 is 0 Å². The Bertz CT molecular complexity index is 385. The number of hydrogen-bond acceptors (Lipinski definition) is 5. The van der Waals surface area contributed by atoms with Gasteiger partial charge in [-0.2, -0.15) is 11.8 Å². The summed E-state index contributed by atoms with van der Waals surface area (Å²) in [4.78, 5) is 11.1. The fourth-order valence-corrected chi connectivity index (χ4v) is 3.35. The van der Waals surface area contributed by atoms with Gasteiger partial charge in [0.2, 0.25) is 0 Å². The van der Waals surface area contributed by atoms with Crippen LogP contribution in [0.3, 0.4) is 0 Å². The molecule has 1 fully saturated rings. The minimum Gasteiger partial charge on any atom is -0.384 e. The Balaban J connectivity index is 2.05. The average Bonchev–Trinajstić information content (AvgIpc) is 2.13. The number of aromatic nitrogens is 2. The highest BCUT2D eigenvalue weighted by Gasteiger charge is 2.27. The molecule has 0 saturated carbocycles. The fourth-order valence-electron chi connectivity index (χ4n) is 2.18. The van der Waals surface area contributed by atoms with E-state index in [2.05, 4.69) is 28.7 Å². The summed E-state index contributed by atoms with van der Waals surface area (Å²) in [5.74, 6) is 2.58. The van der Waals surface area contributed by atoms with Gasteiger partial charge in [0.15, 0.2) is 0 Å². The number of rotatable bonds is 2. The molecule has 1 aliphatic rings. The second-order valence-electron chi connectivity index (χ2n) is 5.17. The van der Waals surface area contributed by atoms with Crippen LogP contribution in [0.2, 0.25) is 0 Å². The predicted octanol–water partition coefficient (Wildman–Crippen LogP) is 1.69. The highest BCUT2D eigenvalue weighted by molar-refractivity contribution is 8.00. The lowest BCUT2D eigenvalue weighted by atomic mass is 10.2. The quantitative estimate of drug-likeness (QED) is 0.868. The van der Waals surface area contributed by atoms with E-state index in [-0.39, 0.29) is 0 Å². The van der Waals surface area contributed by atoms with E-state index in [1.54, 1.807) is 6.07 Å². The number of aryl methyl sites for hydroxylation is 1. The topological polar surface area (TPSA) is 55.0 Å². The molecular formula is C12H20N4S. The van der Waals surface area contributed by atoms with Crippen LogP contribution in [0.1, 0.15) is 25.4 Å². The van der Waals surface area contributed by atoms with Gasteiger partial charge in [-0.05, 0) is 20.8 Å². The maximum absolute atomic E-state index is 5.74. The Morgan fingerprint density at radius 1 is 1.47 bits per heavy atom. The molecular weight excluding hydrogens is 232 g/mol. The van der Waals surface area contributed by atoms with E-state index in [9.17, 15) is 0 Å². The summed E-state index contributed by atoms with van der Waals surface area (Å²) >= 11 is 2.03. The lowest BCUT2D eigenvalue weighted by Crippen LogP contribution is -2.42. The molecule has 0 aromatic carbocycles. The molecule has 1 aromatic rings. The predicted molar refractivity (Wildman–Crippen MR) is 73.0 cm³/mol. The van der Waals surface area contributed by atoms with Crippen molar-refractivity contribution >= 4 is 17.6 Å². The molecule has 2 rings (SSSR count). The van der Waals surface area contributed by atoms with Crippen molar-refractivity contribution in [2.24, 2.45) is 0 Å². The summed E-state index contributed by atoms with van der Waals surface area (Å²) < 4.78 is 0.327. The molecule has 2 heterocycles. The monoisotopic (exact) mass is 252 g/mol. The molecule has 0 unspecified atom stereocenters. The summed E-state index contributed by atoms with van der Waals surface area (Å²) in [7, 11) is 0. The summed E-state index contributed by atoms with van der Waals surface area (Å²) in [6.07, 6.45) is 0. The molecule has 0 amide bonds. The molecule has 5 heteroatoms. The van der Waals surface area contributed by atoms with Crippen LogP contribution in [0.5, 0.6) is 0 Å². The lowest BCUT2D eigenvalue weighted by Gasteiger charge is -2.37. The molecule has 2 N–H and O–H groups in total. The van der Waals surface area contributed by atoms with E-state index in [4.69, 9.17) is 5.73 Å². The van der Waals surface area contributed by atoms with Gasteiger partial charge in [-0.3, -0.25) is 4.90 Å². The molecule has 0 atom stereocenters. The number of nitrogens with two attached hydrogens (primary N) is 1. The minimum absolute atomic E-state index is 0.327. The molecule has 0 bridgehead atoms. The summed E-state index contributed by atoms with van der Waals surface area (Å²) in [5, 5.41) is 0. The Labute approximate surface area is 107 Å². The van der Waals surface area contributed by atoms with Gasteiger partial charge in [0.25, 0.3) is 0 Å². The molecule has 0 spiro atoms. The van der Waals surface area contributed by atoms with Gasteiger partial charge in [-0.15, -0.1) is 0 Å². The smallest absolute Gasteiger partial charge is 0.144 e. The first kappa shape index (κ1) is 12.6. The van der Waals surface area contributed by atoms with Crippen LogP contribution in [0.4, 0.5) is 5.82 Å². The Morgan fingerprint density at radius 2 is 2.24 bits per heavy atom. The van der Waals surface area contributed by atoms with E-state index >= 15 is 0 Å². The summed E-state index contributed by atoms with van der Waals surface area (Å²) in [6, 6.07) is 1.81. The fraction of sp³-hybridized carbons (Fsp3) is 0.667. The first-order valence-electron chi connectivity index (χ1n) is 5.91. The van der Waals surface area contributed by atoms with Crippen LogP contribution in [0.25, 0.3) is 0 Å². The number of anilines is 1. The number of thioether (sulfide) groups is 1. The van der Waals surface area contributed by atoms with Crippen molar-refractivity contribution in [2.45, 2.75) is 32.1 Å². The molecule has 94 valence electrons. The standard InChI is InChI=1S/C12H20N4S/c1-9-6-10(13)15-11(14-9)7-16-4-5-17-12(2,3)8-16/h6H,4-5,7-8H2,1-3H3,(H2,13,14,15). The van der Waals surface area contributed by atoms with E-state index in [1.165, 1.54) is 5.75 Å². The zero-order chi connectivity index (χ0) is 12.5. The van der Waals surface area contributed by atoms with Crippen LogP contribution < -0.4 is 5.73 Å². The van der Waals surface area contributed by atoms with Gasteiger partial charge in [0, 0.05) is 35.3 Å². The van der Waals surface area contributed by atoms with Crippen LogP contribution in [0.15, 0.2) is 6.07 Å². The SMILES string of the molecule is Cc1cc(N)nc(CN2CCSC(C)(C)C2)n1. The number of hydrogen-bond donors (Lipinski definition) is 1. The van der Waals surface area contributed by atoms with Crippen LogP contribution in [-0.2, 0) is 6.54 Å². The third-order valence-corrected chi connectivity index (χ3v) is 4.09. The molecule has 4 nitrogen and oxygen atoms in total. The van der Waals surface area contributed by atoms with E-state index < -0.39 is 0 Å². The maximum Gasteiger partial charge on any atom is 0.144 e. The zero-order valence-corrected chi connectivity index (χ0v) is 11.5. The third-order valence-electron chi connectivity index (χ3n) is 2.79. The lowest BCUT2D eigenvalue weighted by molar-refractivity contribution is 0.246. The van der Waals surface area contributed by atoms with Gasteiger partial charge in [-0.1, -0.05) is 0 Å². The van der Waals surface area contributed by atoms with Crippen LogP contribution in [-0.4, -0.2) is 38.5 Å². The molecule has 1 aliphatic heterocycles. The molecule has 1 aromatic heterocycles. The van der Waals surface area contributed by atoms with Crippen molar-refractivity contribution in [3.63, 3.8) is 0 Å². The molecule has 17 heavy (non-hydrogen) atoms. The first-order valence-corrected chi connectivity index (χ1v) is 6.89. The van der Waals surface area contributed by atoms with E-state index in [1.807, 2.05) is 18.7 Å². The van der Waals surface area contributed by atoms with Gasteiger partial charge in [0.1, 0.15) is 11.6 Å². The van der Waals surface area contributed by atoms with Crippen molar-refractivity contribution in [3.05, 3.63) is 17.6 Å². The van der Waals surface area contributed by atoms with Crippen LogP contribution in [0, 0.1) is 6.92 Å². The Kier molecular flexibility index (Phi) is 3.58. The van der Waals surface area contributed by atoms with Crippen molar-refractivity contribution in [3.8, 4) is 0 Å². The van der Waals surface area contributed by atoms with Crippen molar-refractivity contribution < 1.29 is 0 Å². The molecule has 0 aliphatic carbocycles. The highest BCUT2D eigenvalue weighted by Crippen LogP contribution is 2.29. The van der Waals surface area contributed by atoms with Gasteiger partial charge in [-0.25, -0.2) is 9.97 Å². The highest BCUT2D eigenvalue weighted by atomic mass is 32.2. The van der Waals surface area contributed by atoms with Crippen molar-refractivity contribution in [1.29, 1.82) is 0 Å². The third kappa shape index (κ3) is 3.57. The van der Waals surface area contributed by atoms with E-state index in [0.717, 1.165) is 31.2 Å². The second kappa shape index (κ2) is 4.82. The minimum atomic E-state index is 0.327. The molecule has 0 radical (unpaired) electrons. The van der Waals surface area contributed by atoms with Crippen LogP contribution >= 0.6 is 11.8 Å². The molecule has 1 saturated heterocycles. The van der Waals surface area contributed by atoms with Crippen molar-refractivity contribution in [1.82, 2.24) is 14.9 Å². The van der Waals surface area contributed by atoms with Gasteiger partial charge in [0.05, 0.1) is 6.54 Å². The number of nitrogens with zero attached hydrogens (tertiary/aromatic N) is 3. The largest absolute Gasteiger partial charge is 0.384 e. The Hall–Kier alpha value is -0.810. The number of nitrogen functional groups attached to an aromatic ring is 1. The zero-order valence-electron chi connectivity index (χ0n) is 10.7. The van der Waals surface area contributed by atoms with Crippen molar-refractivity contribution in [2.75, 3.05) is 24.6 Å².